The monoisotopic (exact) mass is 310 g/mol. The van der Waals surface area contributed by atoms with Gasteiger partial charge in [0.05, 0.1) is 24.5 Å². The fraction of sp³-hybridized carbons (Fsp3) is 0.571. The van der Waals surface area contributed by atoms with Gasteiger partial charge in [0.1, 0.15) is 0 Å². The van der Waals surface area contributed by atoms with Crippen molar-refractivity contribution >= 4 is 21.6 Å². The molecule has 0 radical (unpaired) electrons. The summed E-state index contributed by atoms with van der Waals surface area (Å²) in [6, 6.07) is 4.25. The van der Waals surface area contributed by atoms with Crippen LogP contribution >= 0.6 is 21.6 Å². The smallest absolute Gasteiger partial charge is 0.0596 e. The Labute approximate surface area is 128 Å². The Morgan fingerprint density at radius 1 is 0.800 bits per heavy atom. The van der Waals surface area contributed by atoms with E-state index in [4.69, 9.17) is 0 Å². The third-order valence-corrected chi connectivity index (χ3v) is 5.43. The molecule has 2 aromatic rings. The van der Waals surface area contributed by atoms with Gasteiger partial charge in [0.25, 0.3) is 0 Å². The summed E-state index contributed by atoms with van der Waals surface area (Å²) in [5, 5.41) is 8.94. The van der Waals surface area contributed by atoms with E-state index in [0.717, 1.165) is 36.0 Å². The predicted molar refractivity (Wildman–Crippen MR) is 88.3 cm³/mol. The molecule has 0 fully saturated rings. The second kappa shape index (κ2) is 7.22. The number of rotatable bonds is 7. The molecule has 0 bridgehead atoms. The molecule has 0 aromatic carbocycles. The maximum absolute atomic E-state index is 4.47. The highest BCUT2D eigenvalue weighted by atomic mass is 33.1. The van der Waals surface area contributed by atoms with E-state index in [0.29, 0.717) is 0 Å². The molecule has 2 rings (SSSR count). The normalized spacial score (nSPS) is 11.2. The quantitative estimate of drug-likeness (QED) is 0.580. The van der Waals surface area contributed by atoms with Crippen LogP contribution in [-0.4, -0.2) is 31.1 Å². The average Bonchev–Trinajstić information content (AvgIpc) is 2.86. The SMILES string of the molecule is Cc1cc(C)n(CCSSCCn2nc(C)cc2C)n1. The Hall–Kier alpha value is -0.880. The average molecular weight is 310 g/mol. The number of aromatic nitrogens is 4. The van der Waals surface area contributed by atoms with Crippen LogP contribution in [0.1, 0.15) is 22.8 Å². The Balaban J connectivity index is 1.62. The third-order valence-electron chi connectivity index (χ3n) is 3.06. The van der Waals surface area contributed by atoms with Gasteiger partial charge in [0, 0.05) is 22.9 Å². The highest BCUT2D eigenvalue weighted by molar-refractivity contribution is 8.76. The van der Waals surface area contributed by atoms with Gasteiger partial charge in [-0.2, -0.15) is 10.2 Å². The fourth-order valence-electron chi connectivity index (χ4n) is 2.17. The summed E-state index contributed by atoms with van der Waals surface area (Å²) in [6.45, 7) is 10.3. The van der Waals surface area contributed by atoms with Crippen molar-refractivity contribution in [3.63, 3.8) is 0 Å². The highest BCUT2D eigenvalue weighted by Gasteiger charge is 2.02. The standard InChI is InChI=1S/C14H22N4S2/c1-11-9-13(3)17(15-11)5-7-19-20-8-6-18-14(4)10-12(2)16-18/h9-10H,5-8H2,1-4H3. The summed E-state index contributed by atoms with van der Waals surface area (Å²) < 4.78 is 4.17. The van der Waals surface area contributed by atoms with Crippen molar-refractivity contribution in [2.24, 2.45) is 0 Å². The van der Waals surface area contributed by atoms with Crippen LogP contribution in [0.25, 0.3) is 0 Å². The largest absolute Gasteiger partial charge is 0.269 e. The van der Waals surface area contributed by atoms with Crippen molar-refractivity contribution in [1.82, 2.24) is 19.6 Å². The molecular formula is C14H22N4S2. The van der Waals surface area contributed by atoms with Gasteiger partial charge < -0.3 is 0 Å². The molecule has 6 heteroatoms. The second-order valence-corrected chi connectivity index (χ2v) is 7.65. The van der Waals surface area contributed by atoms with Crippen LogP contribution in [-0.2, 0) is 13.1 Å². The van der Waals surface area contributed by atoms with Crippen LogP contribution in [0.3, 0.4) is 0 Å². The Morgan fingerprint density at radius 3 is 1.50 bits per heavy atom. The van der Waals surface area contributed by atoms with Crippen LogP contribution in [0.5, 0.6) is 0 Å². The van der Waals surface area contributed by atoms with Crippen LogP contribution in [0.4, 0.5) is 0 Å². The summed E-state index contributed by atoms with van der Waals surface area (Å²) >= 11 is 0. The first-order valence-electron chi connectivity index (χ1n) is 6.83. The molecule has 0 aliphatic carbocycles. The molecule has 2 heterocycles. The van der Waals surface area contributed by atoms with E-state index in [1.54, 1.807) is 0 Å². The summed E-state index contributed by atoms with van der Waals surface area (Å²) in [4.78, 5) is 0. The van der Waals surface area contributed by atoms with E-state index >= 15 is 0 Å². The van der Waals surface area contributed by atoms with Crippen LogP contribution in [0, 0.1) is 27.7 Å². The molecule has 0 atom stereocenters. The molecule has 4 nitrogen and oxygen atoms in total. The Kier molecular flexibility index (Phi) is 5.60. The van der Waals surface area contributed by atoms with Gasteiger partial charge in [-0.05, 0) is 39.8 Å². The number of nitrogens with zero attached hydrogens (tertiary/aromatic N) is 4. The van der Waals surface area contributed by atoms with Gasteiger partial charge in [0.15, 0.2) is 0 Å². The zero-order chi connectivity index (χ0) is 14.5. The first-order chi connectivity index (χ1) is 9.56. The fourth-order valence-corrected chi connectivity index (χ4v) is 4.05. The van der Waals surface area contributed by atoms with Gasteiger partial charge in [-0.1, -0.05) is 21.6 Å². The van der Waals surface area contributed by atoms with E-state index in [1.807, 2.05) is 35.4 Å². The van der Waals surface area contributed by atoms with Crippen LogP contribution in [0.2, 0.25) is 0 Å². The van der Waals surface area contributed by atoms with Gasteiger partial charge >= 0.3 is 0 Å². The number of hydrogen-bond donors (Lipinski definition) is 0. The van der Waals surface area contributed by atoms with E-state index in [-0.39, 0.29) is 0 Å². The minimum absolute atomic E-state index is 0.983. The highest BCUT2D eigenvalue weighted by Crippen LogP contribution is 2.22. The molecule has 110 valence electrons. The van der Waals surface area contributed by atoms with Crippen molar-refractivity contribution < 1.29 is 0 Å². The van der Waals surface area contributed by atoms with Gasteiger partial charge in [-0.25, -0.2) is 0 Å². The lowest BCUT2D eigenvalue weighted by molar-refractivity contribution is 0.640. The molecule has 0 unspecified atom stereocenters. The lowest BCUT2D eigenvalue weighted by Gasteiger charge is -2.05. The summed E-state index contributed by atoms with van der Waals surface area (Å²) in [6.07, 6.45) is 0. The zero-order valence-electron chi connectivity index (χ0n) is 12.6. The van der Waals surface area contributed by atoms with E-state index in [9.17, 15) is 0 Å². The molecule has 2 aromatic heterocycles. The lowest BCUT2D eigenvalue weighted by Crippen LogP contribution is -2.05. The summed E-state index contributed by atoms with van der Waals surface area (Å²) in [5.41, 5.74) is 4.70. The molecule has 0 aliphatic rings. The first-order valence-corrected chi connectivity index (χ1v) is 9.31. The van der Waals surface area contributed by atoms with E-state index in [2.05, 4.69) is 45.5 Å². The number of aryl methyl sites for hydroxylation is 6. The van der Waals surface area contributed by atoms with Crippen molar-refractivity contribution in [2.45, 2.75) is 40.8 Å². The van der Waals surface area contributed by atoms with Crippen molar-refractivity contribution in [3.05, 3.63) is 34.9 Å². The van der Waals surface area contributed by atoms with Gasteiger partial charge in [-0.15, -0.1) is 0 Å². The molecule has 0 amide bonds. The van der Waals surface area contributed by atoms with Crippen LogP contribution in [0.15, 0.2) is 12.1 Å². The first kappa shape index (κ1) is 15.5. The van der Waals surface area contributed by atoms with Crippen molar-refractivity contribution in [2.75, 3.05) is 11.5 Å². The van der Waals surface area contributed by atoms with Crippen molar-refractivity contribution in [3.8, 4) is 0 Å². The third kappa shape index (κ3) is 4.31. The maximum Gasteiger partial charge on any atom is 0.0596 e. The summed E-state index contributed by atoms with van der Waals surface area (Å²) in [5.74, 6) is 2.17. The zero-order valence-corrected chi connectivity index (χ0v) is 14.2. The Bertz CT molecular complexity index is 509. The van der Waals surface area contributed by atoms with E-state index in [1.165, 1.54) is 11.4 Å². The minimum Gasteiger partial charge on any atom is -0.269 e. The molecular weight excluding hydrogens is 288 g/mol. The molecule has 20 heavy (non-hydrogen) atoms. The second-order valence-electron chi connectivity index (χ2n) is 4.94. The van der Waals surface area contributed by atoms with Gasteiger partial charge in [0.2, 0.25) is 0 Å². The van der Waals surface area contributed by atoms with Crippen molar-refractivity contribution in [1.29, 1.82) is 0 Å². The summed E-state index contributed by atoms with van der Waals surface area (Å²) in [7, 11) is 3.83. The minimum atomic E-state index is 0.983. The molecule has 0 saturated carbocycles. The number of hydrogen-bond acceptors (Lipinski definition) is 4. The molecule has 0 N–H and O–H groups in total. The molecule has 0 aliphatic heterocycles. The lowest BCUT2D eigenvalue weighted by atomic mass is 10.4. The maximum atomic E-state index is 4.47. The predicted octanol–water partition coefficient (Wildman–Crippen LogP) is 3.39. The molecule has 0 spiro atoms. The topological polar surface area (TPSA) is 35.6 Å². The Morgan fingerprint density at radius 2 is 1.20 bits per heavy atom. The van der Waals surface area contributed by atoms with Crippen LogP contribution < -0.4 is 0 Å². The van der Waals surface area contributed by atoms with Gasteiger partial charge in [-0.3, -0.25) is 9.36 Å². The van der Waals surface area contributed by atoms with E-state index < -0.39 is 0 Å². The molecule has 0 saturated heterocycles.